The number of β-amino-alcohol motifs (C(OH)–C–C–N with tert-alkyl or cyclic N) is 1. The summed E-state index contributed by atoms with van der Waals surface area (Å²) in [5, 5.41) is 15.9. The minimum Gasteiger partial charge on any atom is -0.385 e. The van der Waals surface area contributed by atoms with Crippen LogP contribution in [0, 0.1) is 17.5 Å². The average Bonchev–Trinajstić information content (AvgIpc) is 2.68. The van der Waals surface area contributed by atoms with E-state index >= 15 is 0 Å². The van der Waals surface area contributed by atoms with E-state index in [0.717, 1.165) is 17.7 Å². The van der Waals surface area contributed by atoms with Crippen molar-refractivity contribution in [2.75, 3.05) is 31.5 Å². The molecule has 0 aliphatic carbocycles. The summed E-state index contributed by atoms with van der Waals surface area (Å²) in [7, 11) is 0. The zero-order chi connectivity index (χ0) is 21.2. The van der Waals surface area contributed by atoms with Crippen molar-refractivity contribution in [3.63, 3.8) is 0 Å². The molecule has 2 aromatic rings. The van der Waals surface area contributed by atoms with Gasteiger partial charge in [-0.15, -0.1) is 0 Å². The Labute approximate surface area is 167 Å². The van der Waals surface area contributed by atoms with Crippen LogP contribution in [-0.2, 0) is 6.42 Å². The van der Waals surface area contributed by atoms with Gasteiger partial charge in [0.2, 0.25) is 0 Å². The summed E-state index contributed by atoms with van der Waals surface area (Å²) < 4.78 is 42.7. The van der Waals surface area contributed by atoms with Gasteiger partial charge in [-0.25, -0.2) is 13.2 Å². The highest BCUT2D eigenvalue weighted by Crippen LogP contribution is 2.31. The molecule has 0 aromatic heterocycles. The molecule has 8 heteroatoms. The molecule has 29 heavy (non-hydrogen) atoms. The van der Waals surface area contributed by atoms with E-state index in [4.69, 9.17) is 0 Å². The van der Waals surface area contributed by atoms with Gasteiger partial charge in [-0.05, 0) is 42.8 Å². The van der Waals surface area contributed by atoms with Gasteiger partial charge in [0.05, 0.1) is 30.0 Å². The van der Waals surface area contributed by atoms with Crippen LogP contribution in [0.4, 0.5) is 24.5 Å². The summed E-state index contributed by atoms with van der Waals surface area (Å²) in [5.74, 6) is -3.62. The van der Waals surface area contributed by atoms with Crippen molar-refractivity contribution >= 4 is 17.3 Å². The van der Waals surface area contributed by atoms with Crippen molar-refractivity contribution in [2.45, 2.75) is 25.9 Å². The van der Waals surface area contributed by atoms with Crippen LogP contribution < -0.4 is 10.6 Å². The highest BCUT2D eigenvalue weighted by Gasteiger charge is 2.44. The predicted molar refractivity (Wildman–Crippen MR) is 105 cm³/mol. The Balaban J connectivity index is 1.86. The zero-order valence-corrected chi connectivity index (χ0v) is 16.4. The number of aryl methyl sites for hydroxylation is 1. The highest BCUT2D eigenvalue weighted by atomic mass is 19.2. The lowest BCUT2D eigenvalue weighted by atomic mass is 9.93. The Morgan fingerprint density at radius 3 is 2.48 bits per heavy atom. The molecule has 3 N–H and O–H groups in total. The van der Waals surface area contributed by atoms with Gasteiger partial charge in [0.1, 0.15) is 11.4 Å². The zero-order valence-electron chi connectivity index (χ0n) is 16.4. The molecule has 1 heterocycles. The molecule has 1 amide bonds. The number of carbonyl (C=O) groups excluding carboxylic acids is 1. The topological polar surface area (TPSA) is 64.6 Å². The van der Waals surface area contributed by atoms with Crippen molar-refractivity contribution in [3.05, 3.63) is 58.9 Å². The third-order valence-electron chi connectivity index (χ3n) is 4.99. The van der Waals surface area contributed by atoms with Crippen molar-refractivity contribution in [1.82, 2.24) is 10.2 Å². The molecule has 0 bridgehead atoms. The van der Waals surface area contributed by atoms with E-state index in [2.05, 4.69) is 10.6 Å². The number of anilines is 2. The lowest BCUT2D eigenvalue weighted by Gasteiger charge is -2.46. The van der Waals surface area contributed by atoms with Crippen molar-refractivity contribution in [1.29, 1.82) is 0 Å². The van der Waals surface area contributed by atoms with Gasteiger partial charge in [0.15, 0.2) is 11.6 Å². The summed E-state index contributed by atoms with van der Waals surface area (Å²) in [6.07, 6.45) is 0.625. The first kappa shape index (κ1) is 21.1. The molecule has 2 aromatic carbocycles. The maximum absolute atomic E-state index is 14.5. The second-order valence-electron chi connectivity index (χ2n) is 7.24. The van der Waals surface area contributed by atoms with Gasteiger partial charge in [-0.3, -0.25) is 4.79 Å². The maximum Gasteiger partial charge on any atom is 0.256 e. The third kappa shape index (κ3) is 4.38. The third-order valence-corrected chi connectivity index (χ3v) is 4.99. The second kappa shape index (κ2) is 8.42. The summed E-state index contributed by atoms with van der Waals surface area (Å²) in [6, 6.07) is 6.40. The van der Waals surface area contributed by atoms with Gasteiger partial charge in [-0.1, -0.05) is 19.9 Å². The van der Waals surface area contributed by atoms with Crippen molar-refractivity contribution in [2.24, 2.45) is 0 Å². The minimum atomic E-state index is -1.27. The largest absolute Gasteiger partial charge is 0.385 e. The monoisotopic (exact) mass is 407 g/mol. The van der Waals surface area contributed by atoms with Gasteiger partial charge in [0, 0.05) is 6.54 Å². The molecular weight excluding hydrogens is 383 g/mol. The predicted octanol–water partition coefficient (Wildman–Crippen LogP) is 3.21. The number of hydrogen-bond acceptors (Lipinski definition) is 4. The summed E-state index contributed by atoms with van der Waals surface area (Å²) >= 11 is 0. The van der Waals surface area contributed by atoms with Gasteiger partial charge in [-0.2, -0.15) is 0 Å². The standard InChI is InChI=1S/C21H24F3N3O2/c1-3-13-5-8-17(16(23)9-13)26-19-14(6-7-15(22)18(19)24)20(28)27-11-21(29,12-27)10-25-4-2/h5-9,25-26,29H,3-4,10-12H2,1-2H3. The van der Waals surface area contributed by atoms with Gasteiger partial charge >= 0.3 is 0 Å². The molecule has 0 unspecified atom stereocenters. The van der Waals surface area contributed by atoms with E-state index in [1.807, 2.05) is 13.8 Å². The molecule has 1 saturated heterocycles. The smallest absolute Gasteiger partial charge is 0.256 e. The Kier molecular flexibility index (Phi) is 6.14. The fourth-order valence-corrected chi connectivity index (χ4v) is 3.31. The van der Waals surface area contributed by atoms with E-state index < -0.39 is 34.6 Å². The molecule has 0 atom stereocenters. The number of benzene rings is 2. The Hall–Kier alpha value is -2.58. The van der Waals surface area contributed by atoms with Crippen LogP contribution >= 0.6 is 0 Å². The number of nitrogens with one attached hydrogen (secondary N) is 2. The lowest BCUT2D eigenvalue weighted by molar-refractivity contribution is -0.0782. The van der Waals surface area contributed by atoms with Gasteiger partial charge in [0.25, 0.3) is 5.91 Å². The van der Waals surface area contributed by atoms with E-state index in [1.165, 1.54) is 17.0 Å². The van der Waals surface area contributed by atoms with Crippen LogP contribution in [-0.4, -0.2) is 47.7 Å². The molecule has 0 radical (unpaired) electrons. The Morgan fingerprint density at radius 2 is 1.86 bits per heavy atom. The van der Waals surface area contributed by atoms with Crippen LogP contribution in [0.2, 0.25) is 0 Å². The summed E-state index contributed by atoms with van der Waals surface area (Å²) in [5.41, 5.74) is -0.925. The number of nitrogens with zero attached hydrogens (tertiary/aromatic N) is 1. The maximum atomic E-state index is 14.5. The normalized spacial score (nSPS) is 15.2. The summed E-state index contributed by atoms with van der Waals surface area (Å²) in [4.78, 5) is 14.2. The van der Waals surface area contributed by atoms with Crippen LogP contribution in [0.25, 0.3) is 0 Å². The van der Waals surface area contributed by atoms with Crippen LogP contribution in [0.15, 0.2) is 30.3 Å². The second-order valence-corrected chi connectivity index (χ2v) is 7.24. The van der Waals surface area contributed by atoms with E-state index in [1.54, 1.807) is 6.07 Å². The summed E-state index contributed by atoms with van der Waals surface area (Å²) in [6.45, 7) is 4.90. The number of hydrogen-bond donors (Lipinski definition) is 3. The SMILES string of the molecule is CCNCC1(O)CN(C(=O)c2ccc(F)c(F)c2Nc2ccc(CC)cc2F)C1. The number of halogens is 3. The first-order valence-corrected chi connectivity index (χ1v) is 9.53. The van der Waals surface area contributed by atoms with Gasteiger partial charge < -0.3 is 20.6 Å². The number of carbonyl (C=O) groups is 1. The van der Waals surface area contributed by atoms with Crippen molar-refractivity contribution in [3.8, 4) is 0 Å². The Bertz CT molecular complexity index is 914. The number of rotatable bonds is 7. The molecule has 156 valence electrons. The molecule has 0 spiro atoms. The molecule has 3 rings (SSSR count). The highest BCUT2D eigenvalue weighted by molar-refractivity contribution is 6.01. The molecule has 0 saturated carbocycles. The number of likely N-dealkylation sites (N-methyl/N-ethyl adjacent to an activating group) is 1. The van der Waals surface area contributed by atoms with E-state index in [9.17, 15) is 23.1 Å². The minimum absolute atomic E-state index is 0.0620. The van der Waals surface area contributed by atoms with E-state index in [0.29, 0.717) is 19.5 Å². The molecule has 5 nitrogen and oxygen atoms in total. The number of aliphatic hydroxyl groups is 1. The van der Waals surface area contributed by atoms with Crippen LogP contribution in [0.1, 0.15) is 29.8 Å². The Morgan fingerprint density at radius 1 is 1.14 bits per heavy atom. The first-order valence-electron chi connectivity index (χ1n) is 9.53. The molecule has 1 fully saturated rings. The fourth-order valence-electron chi connectivity index (χ4n) is 3.31. The number of likely N-dealkylation sites (tertiary alicyclic amines) is 1. The molecule has 1 aliphatic heterocycles. The molecule has 1 aliphatic rings. The van der Waals surface area contributed by atoms with Crippen molar-refractivity contribution < 1.29 is 23.1 Å². The average molecular weight is 407 g/mol. The lowest BCUT2D eigenvalue weighted by Crippen LogP contribution is -2.67. The fraction of sp³-hybridized carbons (Fsp3) is 0.381. The number of amides is 1. The van der Waals surface area contributed by atoms with Crippen LogP contribution in [0.3, 0.4) is 0 Å². The quantitative estimate of drug-likeness (QED) is 0.660. The molecular formula is C21H24F3N3O2. The van der Waals surface area contributed by atoms with Crippen LogP contribution in [0.5, 0.6) is 0 Å². The van der Waals surface area contributed by atoms with E-state index in [-0.39, 0.29) is 24.3 Å². The first-order chi connectivity index (χ1) is 13.8.